The summed E-state index contributed by atoms with van der Waals surface area (Å²) in [6, 6.07) is 5.87. The Morgan fingerprint density at radius 2 is 2.29 bits per heavy atom. The number of benzene rings is 1. The molecule has 0 aliphatic rings. The Morgan fingerprint density at radius 1 is 1.48 bits per heavy atom. The lowest BCUT2D eigenvalue weighted by molar-refractivity contribution is -0.117. The summed E-state index contributed by atoms with van der Waals surface area (Å²) < 4.78 is 6.10. The minimum absolute atomic E-state index is 0.310. The number of carbonyl (C=O) groups is 1. The summed E-state index contributed by atoms with van der Waals surface area (Å²) in [7, 11) is 1.63. The number of hydrogen-bond donors (Lipinski definition) is 2. The Kier molecular flexibility index (Phi) is 5.40. The number of nitrogens with one attached hydrogen (secondary N) is 1. The van der Waals surface area contributed by atoms with Crippen molar-refractivity contribution < 1.29 is 9.53 Å². The van der Waals surface area contributed by atoms with Crippen molar-refractivity contribution in [2.24, 2.45) is 5.73 Å². The second kappa shape index (κ2) is 7.28. The third kappa shape index (κ3) is 4.61. The number of ether oxygens (including phenoxy) is 1. The predicted octanol–water partition coefficient (Wildman–Crippen LogP) is 2.57. The molecule has 0 radical (unpaired) electrons. The molecule has 0 saturated carbocycles. The smallest absolute Gasteiger partial charge is 0.218 e. The van der Waals surface area contributed by atoms with Gasteiger partial charge in [0.1, 0.15) is 5.75 Å². The monoisotopic (exact) mass is 324 g/mol. The van der Waals surface area contributed by atoms with Gasteiger partial charge in [0, 0.05) is 12.2 Å². The molecule has 0 saturated heterocycles. The average molecular weight is 324 g/mol. The molecule has 0 spiro atoms. The molecule has 0 unspecified atom stereocenters. The first-order valence-electron chi connectivity index (χ1n) is 6.25. The van der Waals surface area contributed by atoms with E-state index in [1.165, 1.54) is 23.1 Å². The van der Waals surface area contributed by atoms with E-state index in [-0.39, 0.29) is 5.91 Å². The molecular weight excluding hydrogens is 308 g/mol. The zero-order valence-electron chi connectivity index (χ0n) is 11.8. The molecule has 0 fully saturated rings. The van der Waals surface area contributed by atoms with Crippen LogP contribution in [0.25, 0.3) is 0 Å². The third-order valence-corrected chi connectivity index (χ3v) is 4.55. The standard InChI is InChI=1S/C13H16N4O2S2/c1-8-3-4-10(19-2)9(7-8)15-12-16-17-13(21-12)20-6-5-11(14)18/h3-4,7H,5-6H2,1-2H3,(H2,14,18)(H,15,16). The second-order valence-electron chi connectivity index (χ2n) is 4.27. The van der Waals surface area contributed by atoms with Gasteiger partial charge in [0.05, 0.1) is 12.8 Å². The number of hydrogen-bond acceptors (Lipinski definition) is 7. The number of aryl methyl sites for hydroxylation is 1. The topological polar surface area (TPSA) is 90.1 Å². The van der Waals surface area contributed by atoms with Crippen LogP contribution in [0.15, 0.2) is 22.5 Å². The molecule has 112 valence electrons. The molecule has 0 atom stereocenters. The van der Waals surface area contributed by atoms with Crippen molar-refractivity contribution in [3.8, 4) is 5.75 Å². The molecule has 1 heterocycles. The van der Waals surface area contributed by atoms with Gasteiger partial charge in [-0.05, 0) is 24.6 Å². The van der Waals surface area contributed by atoms with E-state index in [4.69, 9.17) is 10.5 Å². The lowest BCUT2D eigenvalue weighted by Gasteiger charge is -2.09. The van der Waals surface area contributed by atoms with Crippen LogP contribution in [0.1, 0.15) is 12.0 Å². The highest BCUT2D eigenvalue weighted by molar-refractivity contribution is 8.01. The number of amides is 1. The van der Waals surface area contributed by atoms with Gasteiger partial charge in [0.15, 0.2) is 4.34 Å². The van der Waals surface area contributed by atoms with E-state index >= 15 is 0 Å². The Labute approximate surface area is 131 Å². The summed E-state index contributed by atoms with van der Waals surface area (Å²) in [6.45, 7) is 2.01. The number of anilines is 2. The fourth-order valence-corrected chi connectivity index (χ4v) is 3.38. The molecule has 2 rings (SSSR count). The maximum Gasteiger partial charge on any atom is 0.218 e. The van der Waals surface area contributed by atoms with Crippen molar-refractivity contribution in [1.82, 2.24) is 10.2 Å². The number of nitrogens with two attached hydrogens (primary N) is 1. The van der Waals surface area contributed by atoms with Crippen LogP contribution in [0.3, 0.4) is 0 Å². The van der Waals surface area contributed by atoms with E-state index in [9.17, 15) is 4.79 Å². The Balaban J connectivity index is 2.02. The lowest BCUT2D eigenvalue weighted by Crippen LogP contribution is -2.10. The number of aromatic nitrogens is 2. The van der Waals surface area contributed by atoms with E-state index in [1.807, 2.05) is 25.1 Å². The maximum atomic E-state index is 10.7. The van der Waals surface area contributed by atoms with Crippen LogP contribution in [0.2, 0.25) is 0 Å². The molecule has 2 aromatic rings. The molecule has 1 aromatic heterocycles. The first-order valence-corrected chi connectivity index (χ1v) is 8.05. The number of rotatable bonds is 7. The first kappa shape index (κ1) is 15.6. The van der Waals surface area contributed by atoms with Gasteiger partial charge in [-0.15, -0.1) is 10.2 Å². The van der Waals surface area contributed by atoms with E-state index in [0.29, 0.717) is 17.3 Å². The predicted molar refractivity (Wildman–Crippen MR) is 85.5 cm³/mol. The number of primary amides is 1. The number of nitrogens with zero attached hydrogens (tertiary/aromatic N) is 2. The highest BCUT2D eigenvalue weighted by Crippen LogP contribution is 2.32. The quantitative estimate of drug-likeness (QED) is 0.761. The van der Waals surface area contributed by atoms with Gasteiger partial charge in [-0.2, -0.15) is 0 Å². The van der Waals surface area contributed by atoms with Crippen molar-refractivity contribution in [2.75, 3.05) is 18.2 Å². The zero-order chi connectivity index (χ0) is 15.2. The Morgan fingerprint density at radius 3 is 3.00 bits per heavy atom. The minimum Gasteiger partial charge on any atom is -0.495 e. The van der Waals surface area contributed by atoms with Crippen molar-refractivity contribution in [2.45, 2.75) is 17.7 Å². The minimum atomic E-state index is -0.310. The number of thioether (sulfide) groups is 1. The maximum absolute atomic E-state index is 10.7. The second-order valence-corrected chi connectivity index (χ2v) is 6.59. The van der Waals surface area contributed by atoms with Crippen LogP contribution in [-0.2, 0) is 4.79 Å². The normalized spacial score (nSPS) is 10.4. The summed E-state index contributed by atoms with van der Waals surface area (Å²) >= 11 is 2.89. The SMILES string of the molecule is COc1ccc(C)cc1Nc1nnc(SCCC(N)=O)s1. The van der Waals surface area contributed by atoms with Crippen LogP contribution in [-0.4, -0.2) is 29.0 Å². The van der Waals surface area contributed by atoms with Gasteiger partial charge in [-0.1, -0.05) is 29.2 Å². The molecule has 0 bridgehead atoms. The van der Waals surface area contributed by atoms with Crippen molar-refractivity contribution >= 4 is 39.8 Å². The van der Waals surface area contributed by atoms with Gasteiger partial charge in [0.2, 0.25) is 11.0 Å². The molecule has 0 aliphatic heterocycles. The first-order chi connectivity index (χ1) is 10.1. The van der Waals surface area contributed by atoms with E-state index < -0.39 is 0 Å². The molecule has 1 amide bonds. The molecule has 1 aromatic carbocycles. The summed E-state index contributed by atoms with van der Waals surface area (Å²) in [5, 5.41) is 12.0. The molecule has 0 aliphatic carbocycles. The summed E-state index contributed by atoms with van der Waals surface area (Å²) in [5.74, 6) is 1.05. The van der Waals surface area contributed by atoms with Crippen LogP contribution in [0.5, 0.6) is 5.75 Å². The highest BCUT2D eigenvalue weighted by atomic mass is 32.2. The molecular formula is C13H16N4O2S2. The fourth-order valence-electron chi connectivity index (χ4n) is 1.59. The molecule has 6 nitrogen and oxygen atoms in total. The summed E-state index contributed by atoms with van der Waals surface area (Å²) in [4.78, 5) is 10.7. The third-order valence-electron chi connectivity index (χ3n) is 2.58. The van der Waals surface area contributed by atoms with Crippen LogP contribution >= 0.6 is 23.1 Å². The number of methoxy groups -OCH3 is 1. The van der Waals surface area contributed by atoms with Crippen molar-refractivity contribution in [1.29, 1.82) is 0 Å². The van der Waals surface area contributed by atoms with Gasteiger partial charge < -0.3 is 15.8 Å². The molecule has 21 heavy (non-hydrogen) atoms. The lowest BCUT2D eigenvalue weighted by atomic mass is 10.2. The van der Waals surface area contributed by atoms with Crippen molar-refractivity contribution in [3.63, 3.8) is 0 Å². The molecule has 3 N–H and O–H groups in total. The zero-order valence-corrected chi connectivity index (χ0v) is 13.4. The van der Waals surface area contributed by atoms with Crippen LogP contribution in [0.4, 0.5) is 10.8 Å². The van der Waals surface area contributed by atoms with Gasteiger partial charge >= 0.3 is 0 Å². The largest absolute Gasteiger partial charge is 0.495 e. The Hall–Kier alpha value is -1.80. The van der Waals surface area contributed by atoms with Gasteiger partial charge in [-0.3, -0.25) is 4.79 Å². The van der Waals surface area contributed by atoms with E-state index in [0.717, 1.165) is 21.3 Å². The summed E-state index contributed by atoms with van der Waals surface area (Å²) in [5.41, 5.74) is 7.07. The van der Waals surface area contributed by atoms with E-state index in [1.54, 1.807) is 7.11 Å². The highest BCUT2D eigenvalue weighted by Gasteiger charge is 2.09. The summed E-state index contributed by atoms with van der Waals surface area (Å²) in [6.07, 6.45) is 0.332. The van der Waals surface area contributed by atoms with Crippen LogP contribution < -0.4 is 15.8 Å². The van der Waals surface area contributed by atoms with Gasteiger partial charge in [-0.25, -0.2) is 0 Å². The van der Waals surface area contributed by atoms with E-state index in [2.05, 4.69) is 15.5 Å². The Bertz CT molecular complexity index is 630. The molecule has 8 heteroatoms. The van der Waals surface area contributed by atoms with Crippen LogP contribution in [0, 0.1) is 6.92 Å². The van der Waals surface area contributed by atoms with Crippen molar-refractivity contribution in [3.05, 3.63) is 23.8 Å². The fraction of sp³-hybridized carbons (Fsp3) is 0.308. The average Bonchev–Trinajstić information content (AvgIpc) is 2.86. The number of carbonyl (C=O) groups excluding carboxylic acids is 1. The van der Waals surface area contributed by atoms with Gasteiger partial charge in [0.25, 0.3) is 0 Å².